The van der Waals surface area contributed by atoms with Crippen LogP contribution in [0.4, 0.5) is 0 Å². The number of carbonyl (C=O) groups excluding carboxylic acids is 3. The minimum atomic E-state index is -3.23. The van der Waals surface area contributed by atoms with Crippen molar-refractivity contribution in [3.05, 3.63) is 0 Å². The lowest BCUT2D eigenvalue weighted by molar-refractivity contribution is -0.411. The third-order valence-corrected chi connectivity index (χ3v) is 8.52. The minimum Gasteiger partial charge on any atom is -0.544 e. The van der Waals surface area contributed by atoms with Gasteiger partial charge in [0.15, 0.2) is 12.6 Å². The Kier molecular flexibility index (Phi) is 16.2. The molecule has 0 aromatic rings. The first-order valence-electron chi connectivity index (χ1n) is 15.6. The van der Waals surface area contributed by atoms with Gasteiger partial charge < -0.3 is 110 Å². The number of rotatable bonds is 18. The van der Waals surface area contributed by atoms with Crippen molar-refractivity contribution in [2.75, 3.05) is 39.6 Å². The quantitative estimate of drug-likeness (QED) is 0.0578. The lowest BCUT2D eigenvalue weighted by atomic mass is 9.88. The van der Waals surface area contributed by atoms with Gasteiger partial charge in [0, 0.05) is 6.42 Å². The van der Waals surface area contributed by atoms with Crippen molar-refractivity contribution in [3.8, 4) is 0 Å². The Hall–Kier alpha value is -2.31. The van der Waals surface area contributed by atoms with Crippen molar-refractivity contribution < 1.29 is 109 Å². The molecular formula is C27H45N2O22-. The molecule has 3 aliphatic rings. The zero-order valence-electron chi connectivity index (χ0n) is 26.7. The summed E-state index contributed by atoms with van der Waals surface area (Å²) in [6.45, 7) is -5.22. The topological polar surface area (TPSA) is 396 Å². The van der Waals surface area contributed by atoms with Crippen molar-refractivity contribution in [1.82, 2.24) is 10.6 Å². The van der Waals surface area contributed by atoms with Crippen LogP contribution < -0.4 is 15.7 Å². The Morgan fingerprint density at radius 1 is 0.882 bits per heavy atom. The maximum atomic E-state index is 12.6. The van der Waals surface area contributed by atoms with Gasteiger partial charge in [0.05, 0.1) is 51.2 Å². The molecule has 3 heterocycles. The fraction of sp³-hybridized carbons (Fsp3) is 0.889. The summed E-state index contributed by atoms with van der Waals surface area (Å²) in [5.41, 5.74) is 0. The summed E-state index contributed by atoms with van der Waals surface area (Å²) in [6, 6.07) is -2.69. The standard InChI is InChI=1S/C27H46N2O22/c30-2-9(28-8-35)7-46-24-19(42)18(41)21(13(5-33)48-24)49-25-20(43)23(17(40)12(4-32)47-25)51-27(26(44)45)1-10(36)15(29-14(38)6-34)22(50-27)16(39)11(37)3-31/h8-13,15-25,30-34,36-37,39-43H,1-7H2,(H,28,35)(H,29,38)(H,44,45)/p-1/t9-,10+,11-,12-,13-,15-,16-,17+,18-,19-,20-,21-,22-,23+,24-,25+,27+/m1/s1. The third-order valence-electron chi connectivity index (χ3n) is 8.52. The highest BCUT2D eigenvalue weighted by Crippen LogP contribution is 2.38. The molecule has 14 N–H and O–H groups in total. The molecule has 0 radical (unpaired) electrons. The predicted octanol–water partition coefficient (Wildman–Crippen LogP) is -11.5. The number of aliphatic hydroxyl groups excluding tert-OH is 12. The van der Waals surface area contributed by atoms with Gasteiger partial charge in [-0.25, -0.2) is 0 Å². The Morgan fingerprint density at radius 2 is 1.53 bits per heavy atom. The second-order valence-electron chi connectivity index (χ2n) is 12.0. The number of carboxylic acids is 1. The fourth-order valence-electron chi connectivity index (χ4n) is 5.74. The maximum absolute atomic E-state index is 12.6. The van der Waals surface area contributed by atoms with Crippen molar-refractivity contribution >= 4 is 18.3 Å². The minimum absolute atomic E-state index is 0.275. The summed E-state index contributed by atoms with van der Waals surface area (Å²) in [5, 5.41) is 140. The van der Waals surface area contributed by atoms with Crippen molar-refractivity contribution in [3.63, 3.8) is 0 Å². The maximum Gasteiger partial charge on any atom is 0.246 e. The van der Waals surface area contributed by atoms with Gasteiger partial charge in [-0.15, -0.1) is 0 Å². The van der Waals surface area contributed by atoms with E-state index in [2.05, 4.69) is 10.6 Å². The van der Waals surface area contributed by atoms with E-state index >= 15 is 0 Å². The highest BCUT2D eigenvalue weighted by Gasteiger charge is 2.57. The molecule has 0 bridgehead atoms. The van der Waals surface area contributed by atoms with Crippen LogP contribution in [0.15, 0.2) is 0 Å². The molecule has 24 nitrogen and oxygen atoms in total. The highest BCUT2D eigenvalue weighted by molar-refractivity contribution is 5.77. The third kappa shape index (κ3) is 9.82. The van der Waals surface area contributed by atoms with E-state index in [1.807, 2.05) is 0 Å². The van der Waals surface area contributed by atoms with E-state index < -0.39 is 162 Å². The molecule has 3 saturated heterocycles. The monoisotopic (exact) mass is 749 g/mol. The molecule has 3 aliphatic heterocycles. The van der Waals surface area contributed by atoms with Crippen LogP contribution in [-0.2, 0) is 42.8 Å². The number of ether oxygens (including phenoxy) is 6. The van der Waals surface area contributed by atoms with Crippen LogP contribution in [-0.4, -0.2) is 223 Å². The van der Waals surface area contributed by atoms with E-state index in [1.165, 1.54) is 0 Å². The largest absolute Gasteiger partial charge is 0.544 e. The molecule has 3 fully saturated rings. The van der Waals surface area contributed by atoms with Gasteiger partial charge >= 0.3 is 0 Å². The molecule has 0 aromatic carbocycles. The van der Waals surface area contributed by atoms with Crippen molar-refractivity contribution in [2.45, 2.75) is 110 Å². The van der Waals surface area contributed by atoms with Crippen LogP contribution in [0.25, 0.3) is 0 Å². The molecule has 296 valence electrons. The second kappa shape index (κ2) is 19.1. The van der Waals surface area contributed by atoms with E-state index in [4.69, 9.17) is 33.5 Å². The number of carbonyl (C=O) groups is 3. The fourth-order valence-corrected chi connectivity index (χ4v) is 5.74. The van der Waals surface area contributed by atoms with Crippen LogP contribution in [0, 0.1) is 0 Å². The molecule has 2 amide bonds. The lowest BCUT2D eigenvalue weighted by Gasteiger charge is -2.52. The van der Waals surface area contributed by atoms with Gasteiger partial charge in [0.1, 0.15) is 79.7 Å². The van der Waals surface area contributed by atoms with Gasteiger partial charge in [0.25, 0.3) is 0 Å². The van der Waals surface area contributed by atoms with Gasteiger partial charge in [0.2, 0.25) is 18.1 Å². The van der Waals surface area contributed by atoms with Crippen LogP contribution in [0.3, 0.4) is 0 Å². The van der Waals surface area contributed by atoms with Gasteiger partial charge in [-0.05, 0) is 0 Å². The summed E-state index contributed by atoms with van der Waals surface area (Å²) < 4.78 is 32.7. The molecule has 24 heteroatoms. The molecule has 0 spiro atoms. The smallest absolute Gasteiger partial charge is 0.246 e. The zero-order chi connectivity index (χ0) is 38.2. The van der Waals surface area contributed by atoms with E-state index in [-0.39, 0.29) is 6.41 Å². The molecule has 0 aliphatic carbocycles. The Bertz CT molecular complexity index is 1120. The first kappa shape index (κ1) is 43.1. The summed E-state index contributed by atoms with van der Waals surface area (Å²) in [5.74, 6) is -6.66. The number of nitrogens with one attached hydrogen (secondary N) is 2. The van der Waals surface area contributed by atoms with Crippen molar-refractivity contribution in [1.29, 1.82) is 0 Å². The summed E-state index contributed by atoms with van der Waals surface area (Å²) in [7, 11) is 0. The predicted molar refractivity (Wildman–Crippen MR) is 153 cm³/mol. The van der Waals surface area contributed by atoms with E-state index in [0.29, 0.717) is 0 Å². The van der Waals surface area contributed by atoms with Crippen LogP contribution >= 0.6 is 0 Å². The molecule has 0 aromatic heterocycles. The first-order chi connectivity index (χ1) is 24.1. The van der Waals surface area contributed by atoms with Gasteiger partial charge in [-0.1, -0.05) is 0 Å². The normalized spacial score (nSPS) is 40.5. The zero-order valence-corrected chi connectivity index (χ0v) is 26.7. The number of hydrogen-bond acceptors (Lipinski definition) is 22. The van der Waals surface area contributed by atoms with E-state index in [9.17, 15) is 75.7 Å². The first-order valence-corrected chi connectivity index (χ1v) is 15.6. The lowest BCUT2D eigenvalue weighted by Crippen LogP contribution is -2.72. The molecule has 0 unspecified atom stereocenters. The van der Waals surface area contributed by atoms with E-state index in [1.54, 1.807) is 0 Å². The van der Waals surface area contributed by atoms with Gasteiger partial charge in [-0.3, -0.25) is 9.59 Å². The average molecular weight is 750 g/mol. The second-order valence-corrected chi connectivity index (χ2v) is 12.0. The Morgan fingerprint density at radius 3 is 2.08 bits per heavy atom. The van der Waals surface area contributed by atoms with E-state index in [0.717, 1.165) is 0 Å². The number of hydrogen-bond donors (Lipinski definition) is 14. The van der Waals surface area contributed by atoms with Crippen LogP contribution in [0.1, 0.15) is 6.42 Å². The Labute approximate surface area is 288 Å². The molecule has 51 heavy (non-hydrogen) atoms. The molecular weight excluding hydrogens is 704 g/mol. The number of carboxylic acid groups (broad SMARTS) is 1. The summed E-state index contributed by atoms with van der Waals surface area (Å²) in [6.07, 6.45) is -28.7. The van der Waals surface area contributed by atoms with Crippen LogP contribution in [0.5, 0.6) is 0 Å². The number of amides is 2. The number of aliphatic hydroxyl groups is 12. The summed E-state index contributed by atoms with van der Waals surface area (Å²) >= 11 is 0. The molecule has 0 saturated carbocycles. The highest BCUT2D eigenvalue weighted by atomic mass is 16.8. The van der Waals surface area contributed by atoms with Gasteiger partial charge in [-0.2, -0.15) is 0 Å². The van der Waals surface area contributed by atoms with Crippen LogP contribution in [0.2, 0.25) is 0 Å². The molecule has 17 atom stereocenters. The summed E-state index contributed by atoms with van der Waals surface area (Å²) in [4.78, 5) is 35.2. The van der Waals surface area contributed by atoms with Crippen molar-refractivity contribution in [2.24, 2.45) is 0 Å². The average Bonchev–Trinajstić information content (AvgIpc) is 3.11. The number of aliphatic carboxylic acids is 1. The Balaban J connectivity index is 1.88. The SMILES string of the molecule is O=CN[C@H](CO)CO[C@@H]1O[C@H](CO)[C@@H](O[C@@H]2O[C@H](CO)[C@H](O)[C@H](O[C@]3(C(=O)[O-])C[C@H](O)[C@@H](NC(=O)CO)[C@H]([C@H](O)[C@H](O)CO)O3)[C@H]2O)[C@H](O)[C@H]1O. The molecule has 3 rings (SSSR count).